The van der Waals surface area contributed by atoms with E-state index < -0.39 is 0 Å². The van der Waals surface area contributed by atoms with Crippen molar-refractivity contribution in [2.75, 3.05) is 20.3 Å². The fourth-order valence-corrected chi connectivity index (χ4v) is 2.80. The maximum Gasteiger partial charge on any atom is 0.255 e. The summed E-state index contributed by atoms with van der Waals surface area (Å²) in [6.45, 7) is 5.30. The van der Waals surface area contributed by atoms with Crippen molar-refractivity contribution in [3.05, 3.63) is 28.2 Å². The van der Waals surface area contributed by atoms with Crippen molar-refractivity contribution in [3.63, 3.8) is 0 Å². The van der Waals surface area contributed by atoms with Gasteiger partial charge in [-0.3, -0.25) is 4.79 Å². The molecule has 2 rings (SSSR count). The molecule has 0 radical (unpaired) electrons. The van der Waals surface area contributed by atoms with Crippen LogP contribution in [-0.2, 0) is 4.74 Å². The van der Waals surface area contributed by atoms with Gasteiger partial charge in [-0.05, 0) is 47.5 Å². The highest BCUT2D eigenvalue weighted by atomic mass is 79.9. The molecule has 4 nitrogen and oxygen atoms in total. The topological polar surface area (TPSA) is 38.8 Å². The molecule has 20 heavy (non-hydrogen) atoms. The molecule has 0 N–H and O–H groups in total. The second-order valence-electron chi connectivity index (χ2n) is 5.01. The maximum absolute atomic E-state index is 12.8. The van der Waals surface area contributed by atoms with E-state index in [1.54, 1.807) is 13.2 Å². The first-order valence-corrected chi connectivity index (χ1v) is 7.62. The van der Waals surface area contributed by atoms with Crippen LogP contribution in [0.25, 0.3) is 0 Å². The van der Waals surface area contributed by atoms with Crippen molar-refractivity contribution in [2.24, 2.45) is 0 Å². The minimum absolute atomic E-state index is 0.0257. The van der Waals surface area contributed by atoms with Gasteiger partial charge in [0.1, 0.15) is 5.75 Å². The molecule has 0 aliphatic carbocycles. The molecule has 1 aliphatic heterocycles. The molecular formula is C15H20BrNO3. The molecule has 1 amide bonds. The second kappa shape index (κ2) is 6.59. The van der Waals surface area contributed by atoms with Crippen LogP contribution in [0.4, 0.5) is 0 Å². The fourth-order valence-electron chi connectivity index (χ4n) is 2.38. The summed E-state index contributed by atoms with van der Waals surface area (Å²) in [4.78, 5) is 14.7. The number of rotatable bonds is 3. The minimum atomic E-state index is 0.0257. The number of morpholine rings is 1. The summed E-state index contributed by atoms with van der Waals surface area (Å²) >= 11 is 3.45. The SMILES string of the molecule is CCC1COC(C)CN1C(=O)c1cc(OC)ccc1Br. The van der Waals surface area contributed by atoms with Gasteiger partial charge in [0.15, 0.2) is 0 Å². The van der Waals surface area contributed by atoms with Crippen LogP contribution >= 0.6 is 15.9 Å². The lowest BCUT2D eigenvalue weighted by atomic mass is 10.1. The summed E-state index contributed by atoms with van der Waals surface area (Å²) in [5.74, 6) is 0.712. The standard InChI is InChI=1S/C15H20BrNO3/c1-4-11-9-20-10(2)8-17(11)15(18)13-7-12(19-3)5-6-14(13)16/h5-7,10-11H,4,8-9H2,1-3H3. The Morgan fingerprint density at radius 3 is 2.95 bits per heavy atom. The van der Waals surface area contributed by atoms with Gasteiger partial charge >= 0.3 is 0 Å². The van der Waals surface area contributed by atoms with Crippen LogP contribution in [0.5, 0.6) is 5.75 Å². The third-order valence-corrected chi connectivity index (χ3v) is 4.30. The van der Waals surface area contributed by atoms with Crippen LogP contribution in [0, 0.1) is 0 Å². The van der Waals surface area contributed by atoms with Crippen LogP contribution in [0.15, 0.2) is 22.7 Å². The number of methoxy groups -OCH3 is 1. The van der Waals surface area contributed by atoms with Gasteiger partial charge in [-0.15, -0.1) is 0 Å². The molecule has 1 heterocycles. The van der Waals surface area contributed by atoms with Crippen LogP contribution in [-0.4, -0.2) is 43.2 Å². The van der Waals surface area contributed by atoms with E-state index in [1.807, 2.05) is 24.0 Å². The predicted octanol–water partition coefficient (Wildman–Crippen LogP) is 3.10. The Morgan fingerprint density at radius 2 is 2.30 bits per heavy atom. The maximum atomic E-state index is 12.8. The molecule has 1 fully saturated rings. The van der Waals surface area contributed by atoms with Gasteiger partial charge in [0.25, 0.3) is 5.91 Å². The summed E-state index contributed by atoms with van der Waals surface area (Å²) < 4.78 is 11.6. The van der Waals surface area contributed by atoms with E-state index in [0.717, 1.165) is 10.9 Å². The predicted molar refractivity (Wildman–Crippen MR) is 81.2 cm³/mol. The van der Waals surface area contributed by atoms with Crippen LogP contribution in [0.2, 0.25) is 0 Å². The zero-order chi connectivity index (χ0) is 14.7. The van der Waals surface area contributed by atoms with Gasteiger partial charge in [0.05, 0.1) is 31.4 Å². The Labute approximate surface area is 128 Å². The molecular weight excluding hydrogens is 322 g/mol. The molecule has 1 aromatic rings. The van der Waals surface area contributed by atoms with Crippen molar-refractivity contribution in [1.29, 1.82) is 0 Å². The van der Waals surface area contributed by atoms with E-state index in [4.69, 9.17) is 9.47 Å². The summed E-state index contributed by atoms with van der Waals surface area (Å²) in [7, 11) is 1.60. The first-order valence-electron chi connectivity index (χ1n) is 6.83. The average molecular weight is 342 g/mol. The highest BCUT2D eigenvalue weighted by Gasteiger charge is 2.30. The smallest absolute Gasteiger partial charge is 0.255 e. The molecule has 0 bridgehead atoms. The first-order chi connectivity index (χ1) is 9.56. The van der Waals surface area contributed by atoms with Gasteiger partial charge in [-0.1, -0.05) is 6.92 Å². The number of benzene rings is 1. The molecule has 0 saturated carbocycles. The van der Waals surface area contributed by atoms with Gasteiger partial charge < -0.3 is 14.4 Å². The van der Waals surface area contributed by atoms with E-state index in [9.17, 15) is 4.79 Å². The number of hydrogen-bond acceptors (Lipinski definition) is 3. The molecule has 1 aromatic carbocycles. The third kappa shape index (κ3) is 3.15. The van der Waals surface area contributed by atoms with Crippen LogP contribution in [0.3, 0.4) is 0 Å². The number of carbonyl (C=O) groups is 1. The third-order valence-electron chi connectivity index (χ3n) is 3.60. The van der Waals surface area contributed by atoms with Gasteiger partial charge in [-0.25, -0.2) is 0 Å². The van der Waals surface area contributed by atoms with Crippen molar-refractivity contribution in [3.8, 4) is 5.75 Å². The molecule has 1 saturated heterocycles. The van der Waals surface area contributed by atoms with E-state index in [-0.39, 0.29) is 18.1 Å². The number of amides is 1. The molecule has 2 unspecified atom stereocenters. The van der Waals surface area contributed by atoms with Crippen LogP contribution < -0.4 is 4.74 Å². The lowest BCUT2D eigenvalue weighted by Gasteiger charge is -2.38. The molecule has 0 aromatic heterocycles. The first kappa shape index (κ1) is 15.3. The lowest BCUT2D eigenvalue weighted by Crippen LogP contribution is -2.51. The van der Waals surface area contributed by atoms with Gasteiger partial charge in [-0.2, -0.15) is 0 Å². The zero-order valence-corrected chi connectivity index (χ0v) is 13.6. The van der Waals surface area contributed by atoms with Crippen molar-refractivity contribution in [2.45, 2.75) is 32.4 Å². The number of nitrogens with zero attached hydrogens (tertiary/aromatic N) is 1. The summed E-state index contributed by atoms with van der Waals surface area (Å²) in [6.07, 6.45) is 0.964. The molecule has 0 spiro atoms. The van der Waals surface area contributed by atoms with E-state index in [1.165, 1.54) is 0 Å². The Hall–Kier alpha value is -1.07. The summed E-state index contributed by atoms with van der Waals surface area (Å²) in [5.41, 5.74) is 0.636. The van der Waals surface area contributed by atoms with Crippen molar-refractivity contribution in [1.82, 2.24) is 4.90 Å². The van der Waals surface area contributed by atoms with Crippen LogP contribution in [0.1, 0.15) is 30.6 Å². The summed E-state index contributed by atoms with van der Waals surface area (Å²) in [6, 6.07) is 5.59. The van der Waals surface area contributed by atoms with Crippen molar-refractivity contribution >= 4 is 21.8 Å². The van der Waals surface area contributed by atoms with Crippen molar-refractivity contribution < 1.29 is 14.3 Å². The Balaban J connectivity index is 2.29. The highest BCUT2D eigenvalue weighted by Crippen LogP contribution is 2.26. The number of halogens is 1. The van der Waals surface area contributed by atoms with E-state index in [2.05, 4.69) is 22.9 Å². The molecule has 110 valence electrons. The highest BCUT2D eigenvalue weighted by molar-refractivity contribution is 9.10. The van der Waals surface area contributed by atoms with Gasteiger partial charge in [0.2, 0.25) is 0 Å². The van der Waals surface area contributed by atoms with E-state index in [0.29, 0.717) is 24.5 Å². The molecule has 1 aliphatic rings. The Morgan fingerprint density at radius 1 is 1.55 bits per heavy atom. The monoisotopic (exact) mass is 341 g/mol. The normalized spacial score (nSPS) is 22.7. The second-order valence-corrected chi connectivity index (χ2v) is 5.86. The number of carbonyl (C=O) groups excluding carboxylic acids is 1. The zero-order valence-electron chi connectivity index (χ0n) is 12.1. The Kier molecular flexibility index (Phi) is 5.05. The quantitative estimate of drug-likeness (QED) is 0.847. The minimum Gasteiger partial charge on any atom is -0.497 e. The largest absolute Gasteiger partial charge is 0.497 e. The van der Waals surface area contributed by atoms with E-state index >= 15 is 0 Å². The van der Waals surface area contributed by atoms with Gasteiger partial charge in [0, 0.05) is 11.0 Å². The number of ether oxygens (including phenoxy) is 2. The summed E-state index contributed by atoms with van der Waals surface area (Å²) in [5, 5.41) is 0. The average Bonchev–Trinajstić information content (AvgIpc) is 2.47. The fraction of sp³-hybridized carbons (Fsp3) is 0.533. The molecule has 2 atom stereocenters. The molecule has 5 heteroatoms. The Bertz CT molecular complexity index is 492. The number of hydrogen-bond donors (Lipinski definition) is 0. The lowest BCUT2D eigenvalue weighted by molar-refractivity contribution is -0.0444.